The van der Waals surface area contributed by atoms with Crippen LogP contribution in [0.15, 0.2) is 40.0 Å². The number of aromatic nitrogens is 2. The number of urea groups is 1. The Hall–Kier alpha value is -3.41. The Balaban J connectivity index is 1.40. The predicted molar refractivity (Wildman–Crippen MR) is 105 cm³/mol. The molecule has 11 nitrogen and oxygen atoms in total. The van der Waals surface area contributed by atoms with Crippen molar-refractivity contribution in [2.24, 2.45) is 5.92 Å². The van der Waals surface area contributed by atoms with Crippen molar-refractivity contribution in [2.45, 2.75) is 31.0 Å². The van der Waals surface area contributed by atoms with E-state index in [2.05, 4.69) is 31.7 Å². The van der Waals surface area contributed by atoms with E-state index in [1.807, 2.05) is 0 Å². The average molecular weight is 432 g/mol. The fourth-order valence-electron chi connectivity index (χ4n) is 2.78. The average Bonchev–Trinajstić information content (AvgIpc) is 3.18. The first-order chi connectivity index (χ1) is 14.4. The molecule has 1 aliphatic rings. The summed E-state index contributed by atoms with van der Waals surface area (Å²) in [6.45, 7) is 1.76. The minimum Gasteiger partial charge on any atom is -0.416 e. The van der Waals surface area contributed by atoms with E-state index in [1.54, 1.807) is 37.3 Å². The lowest BCUT2D eigenvalue weighted by atomic mass is 9.93. The molecule has 2 unspecified atom stereocenters. The fraction of sp³-hybridized carbons (Fsp3) is 0.333. The third-order valence-electron chi connectivity index (χ3n) is 4.33. The van der Waals surface area contributed by atoms with E-state index >= 15 is 0 Å². The topological polar surface area (TPSA) is 155 Å². The van der Waals surface area contributed by atoms with Gasteiger partial charge in [-0.15, -0.1) is 10.2 Å². The second kappa shape index (κ2) is 9.87. The van der Waals surface area contributed by atoms with Crippen molar-refractivity contribution in [1.82, 2.24) is 31.7 Å². The van der Waals surface area contributed by atoms with Crippen molar-refractivity contribution in [3.8, 4) is 0 Å². The number of thioether (sulfide) groups is 1. The quantitative estimate of drug-likeness (QED) is 0.362. The molecular weight excluding hydrogens is 412 g/mol. The standard InChI is InChI=1S/C18H20N6O5S/c1-10-12(16(27)20-17(28)19-10)7-8-14-22-24-18(29-14)30-9-13(25)21-23-15(26)11-5-3-2-4-6-11/h2-6,10,12H,7-9H2,1H3,(H,21,25)(H,23,26)(H2,19,20,27,28). The number of amides is 5. The van der Waals surface area contributed by atoms with Crippen LogP contribution in [-0.4, -0.2) is 45.7 Å². The number of hydrogen-bond donors (Lipinski definition) is 4. The highest BCUT2D eigenvalue weighted by Gasteiger charge is 2.32. The van der Waals surface area contributed by atoms with Gasteiger partial charge in [-0.3, -0.25) is 30.6 Å². The van der Waals surface area contributed by atoms with Crippen LogP contribution in [-0.2, 0) is 16.0 Å². The van der Waals surface area contributed by atoms with E-state index in [0.717, 1.165) is 11.8 Å². The van der Waals surface area contributed by atoms with Crippen LogP contribution in [0.25, 0.3) is 0 Å². The molecule has 158 valence electrons. The number of carbonyl (C=O) groups excluding carboxylic acids is 4. The van der Waals surface area contributed by atoms with Gasteiger partial charge in [0.2, 0.25) is 17.7 Å². The summed E-state index contributed by atoms with van der Waals surface area (Å²) in [7, 11) is 0. The van der Waals surface area contributed by atoms with Gasteiger partial charge in [0.15, 0.2) is 0 Å². The van der Waals surface area contributed by atoms with E-state index in [1.165, 1.54) is 0 Å². The first kappa shape index (κ1) is 21.3. The van der Waals surface area contributed by atoms with Crippen LogP contribution in [0, 0.1) is 5.92 Å². The predicted octanol–water partition coefficient (Wildman–Crippen LogP) is 0.400. The molecule has 1 aliphatic heterocycles. The summed E-state index contributed by atoms with van der Waals surface area (Å²) in [6, 6.07) is 7.68. The van der Waals surface area contributed by atoms with Gasteiger partial charge in [0.1, 0.15) is 0 Å². The normalized spacial score (nSPS) is 18.3. The molecule has 30 heavy (non-hydrogen) atoms. The number of nitrogens with one attached hydrogen (secondary N) is 4. The molecule has 12 heteroatoms. The Morgan fingerprint density at radius 3 is 2.67 bits per heavy atom. The lowest BCUT2D eigenvalue weighted by molar-refractivity contribution is -0.125. The summed E-state index contributed by atoms with van der Waals surface area (Å²) < 4.78 is 5.47. The number of aryl methyl sites for hydroxylation is 1. The summed E-state index contributed by atoms with van der Waals surface area (Å²) in [5, 5.41) is 12.8. The van der Waals surface area contributed by atoms with Crippen LogP contribution in [0.3, 0.4) is 0 Å². The van der Waals surface area contributed by atoms with Gasteiger partial charge in [-0.1, -0.05) is 30.0 Å². The van der Waals surface area contributed by atoms with E-state index in [-0.39, 0.29) is 22.9 Å². The zero-order chi connectivity index (χ0) is 21.5. The van der Waals surface area contributed by atoms with E-state index in [9.17, 15) is 19.2 Å². The molecule has 4 N–H and O–H groups in total. The number of hydrazine groups is 1. The Bertz CT molecular complexity index is 934. The molecule has 0 spiro atoms. The van der Waals surface area contributed by atoms with Crippen LogP contribution < -0.4 is 21.5 Å². The highest BCUT2D eigenvalue weighted by molar-refractivity contribution is 7.99. The van der Waals surface area contributed by atoms with Crippen molar-refractivity contribution in [1.29, 1.82) is 0 Å². The monoisotopic (exact) mass is 432 g/mol. The molecule has 1 saturated heterocycles. The van der Waals surface area contributed by atoms with Crippen molar-refractivity contribution >= 4 is 35.5 Å². The molecule has 1 aromatic heterocycles. The van der Waals surface area contributed by atoms with Gasteiger partial charge < -0.3 is 9.73 Å². The van der Waals surface area contributed by atoms with Crippen LogP contribution in [0.5, 0.6) is 0 Å². The number of benzene rings is 1. The molecule has 0 radical (unpaired) electrons. The van der Waals surface area contributed by atoms with E-state index in [0.29, 0.717) is 24.3 Å². The molecule has 2 aromatic rings. The summed E-state index contributed by atoms with van der Waals surface area (Å²) in [6.07, 6.45) is 0.775. The van der Waals surface area contributed by atoms with Gasteiger partial charge in [-0.25, -0.2) is 4.79 Å². The second-order valence-corrected chi connectivity index (χ2v) is 7.44. The van der Waals surface area contributed by atoms with Gasteiger partial charge in [0.05, 0.1) is 11.7 Å². The molecule has 2 heterocycles. The Morgan fingerprint density at radius 2 is 1.93 bits per heavy atom. The van der Waals surface area contributed by atoms with Gasteiger partial charge >= 0.3 is 6.03 Å². The Morgan fingerprint density at radius 1 is 1.17 bits per heavy atom. The van der Waals surface area contributed by atoms with Gasteiger partial charge in [0, 0.05) is 18.0 Å². The smallest absolute Gasteiger partial charge is 0.321 e. The Kier molecular flexibility index (Phi) is 7.01. The molecule has 1 fully saturated rings. The van der Waals surface area contributed by atoms with Gasteiger partial charge in [0.25, 0.3) is 11.1 Å². The molecule has 0 saturated carbocycles. The van der Waals surface area contributed by atoms with Crippen LogP contribution >= 0.6 is 11.8 Å². The van der Waals surface area contributed by atoms with Crippen LogP contribution in [0.4, 0.5) is 4.79 Å². The molecule has 5 amide bonds. The second-order valence-electron chi connectivity index (χ2n) is 6.52. The summed E-state index contributed by atoms with van der Waals surface area (Å²) >= 11 is 1.02. The lowest BCUT2D eigenvalue weighted by Gasteiger charge is -2.28. The molecule has 0 aliphatic carbocycles. The zero-order valence-corrected chi connectivity index (χ0v) is 16.8. The number of rotatable bonds is 7. The van der Waals surface area contributed by atoms with Crippen molar-refractivity contribution in [2.75, 3.05) is 5.75 Å². The molecule has 1 aromatic carbocycles. The van der Waals surface area contributed by atoms with Crippen molar-refractivity contribution < 1.29 is 23.6 Å². The summed E-state index contributed by atoms with van der Waals surface area (Å²) in [5.74, 6) is -1.31. The first-order valence-corrected chi connectivity index (χ1v) is 10.1. The maximum Gasteiger partial charge on any atom is 0.321 e. The number of nitrogens with zero attached hydrogens (tertiary/aromatic N) is 2. The van der Waals surface area contributed by atoms with Crippen molar-refractivity contribution in [3.63, 3.8) is 0 Å². The minimum atomic E-state index is -0.501. The van der Waals surface area contributed by atoms with Crippen LogP contribution in [0.2, 0.25) is 0 Å². The highest BCUT2D eigenvalue weighted by Crippen LogP contribution is 2.19. The zero-order valence-electron chi connectivity index (χ0n) is 16.0. The highest BCUT2D eigenvalue weighted by atomic mass is 32.2. The largest absolute Gasteiger partial charge is 0.416 e. The summed E-state index contributed by atoms with van der Waals surface area (Å²) in [4.78, 5) is 46.9. The fourth-order valence-corrected chi connectivity index (χ4v) is 3.36. The van der Waals surface area contributed by atoms with Crippen LogP contribution in [0.1, 0.15) is 29.6 Å². The van der Waals surface area contributed by atoms with E-state index < -0.39 is 23.8 Å². The minimum absolute atomic E-state index is 0.0369. The SMILES string of the molecule is CC1NC(=O)NC(=O)C1CCc1nnc(SCC(=O)NNC(=O)c2ccccc2)o1. The number of imide groups is 1. The Labute approximate surface area is 175 Å². The van der Waals surface area contributed by atoms with Gasteiger partial charge in [-0.2, -0.15) is 0 Å². The van der Waals surface area contributed by atoms with E-state index in [4.69, 9.17) is 4.42 Å². The molecule has 2 atom stereocenters. The third kappa shape index (κ3) is 5.80. The van der Waals surface area contributed by atoms with Crippen molar-refractivity contribution in [3.05, 3.63) is 41.8 Å². The molecular formula is C18H20N6O5S. The molecule has 0 bridgehead atoms. The van der Waals surface area contributed by atoms with Gasteiger partial charge in [-0.05, 0) is 25.5 Å². The maximum atomic E-state index is 11.9. The number of hydrogen-bond acceptors (Lipinski definition) is 8. The summed E-state index contributed by atoms with van der Waals surface area (Å²) in [5.41, 5.74) is 5.06. The lowest BCUT2D eigenvalue weighted by Crippen LogP contribution is -2.57. The number of carbonyl (C=O) groups is 4. The maximum absolute atomic E-state index is 11.9. The third-order valence-corrected chi connectivity index (χ3v) is 5.15. The molecule has 3 rings (SSSR count). The first-order valence-electron chi connectivity index (χ1n) is 9.13.